The minimum Gasteiger partial charge on any atom is -0.445 e. The molecule has 0 aliphatic carbocycles. The van der Waals surface area contributed by atoms with Gasteiger partial charge in [-0.15, -0.1) is 6.58 Å². The van der Waals surface area contributed by atoms with Gasteiger partial charge in [0.1, 0.15) is 5.76 Å². The second-order valence-corrected chi connectivity index (χ2v) is 2.23. The molecule has 10 heavy (non-hydrogen) atoms. The summed E-state index contributed by atoms with van der Waals surface area (Å²) in [5, 5.41) is 0. The molecule has 0 aromatic carbocycles. The molecule has 0 spiro atoms. The van der Waals surface area contributed by atoms with E-state index in [-0.39, 0.29) is 0 Å². The molecule has 0 unspecified atom stereocenters. The molecule has 0 aliphatic heterocycles. The van der Waals surface area contributed by atoms with Crippen LogP contribution in [0.1, 0.15) is 17.3 Å². The summed E-state index contributed by atoms with van der Waals surface area (Å²) in [6.07, 6.45) is 2.58. The van der Waals surface area contributed by atoms with Gasteiger partial charge in [0.25, 0.3) is 0 Å². The van der Waals surface area contributed by atoms with E-state index in [1.807, 2.05) is 19.9 Å². The summed E-state index contributed by atoms with van der Waals surface area (Å²) in [5.74, 6) is 1.65. The summed E-state index contributed by atoms with van der Waals surface area (Å²) in [6.45, 7) is 7.41. The van der Waals surface area contributed by atoms with Crippen molar-refractivity contribution < 1.29 is 4.42 Å². The monoisotopic (exact) mass is 137 g/mol. The van der Waals surface area contributed by atoms with Crippen molar-refractivity contribution in [2.75, 3.05) is 0 Å². The summed E-state index contributed by atoms with van der Waals surface area (Å²) < 4.78 is 5.27. The Balaban J connectivity index is 2.91. The normalized spacial score (nSPS) is 9.80. The number of hydrogen-bond acceptors (Lipinski definition) is 2. The molecule has 54 valence electrons. The van der Waals surface area contributed by atoms with E-state index in [0.29, 0.717) is 0 Å². The summed E-state index contributed by atoms with van der Waals surface area (Å²) in [7, 11) is 0. The van der Waals surface area contributed by atoms with Crippen LogP contribution in [0.5, 0.6) is 0 Å². The van der Waals surface area contributed by atoms with Crippen molar-refractivity contribution in [3.63, 3.8) is 0 Å². The van der Waals surface area contributed by atoms with E-state index in [1.165, 1.54) is 0 Å². The van der Waals surface area contributed by atoms with E-state index < -0.39 is 0 Å². The van der Waals surface area contributed by atoms with Crippen LogP contribution in [0.2, 0.25) is 0 Å². The van der Waals surface area contributed by atoms with Gasteiger partial charge in [-0.2, -0.15) is 0 Å². The summed E-state index contributed by atoms with van der Waals surface area (Å²) in [4.78, 5) is 4.12. The Morgan fingerprint density at radius 3 is 2.70 bits per heavy atom. The first-order valence-electron chi connectivity index (χ1n) is 3.28. The van der Waals surface area contributed by atoms with Crippen LogP contribution in [-0.4, -0.2) is 4.98 Å². The van der Waals surface area contributed by atoms with Crippen molar-refractivity contribution in [3.05, 3.63) is 30.0 Å². The second-order valence-electron chi connectivity index (χ2n) is 2.23. The number of allylic oxidation sites excluding steroid dienone is 1. The Morgan fingerprint density at radius 1 is 1.60 bits per heavy atom. The summed E-state index contributed by atoms with van der Waals surface area (Å²) in [6, 6.07) is 0. The van der Waals surface area contributed by atoms with E-state index in [0.717, 1.165) is 23.8 Å². The molecule has 0 N–H and O–H groups in total. The summed E-state index contributed by atoms with van der Waals surface area (Å²) >= 11 is 0. The van der Waals surface area contributed by atoms with Gasteiger partial charge in [0.2, 0.25) is 0 Å². The lowest BCUT2D eigenvalue weighted by molar-refractivity contribution is 0.484. The Morgan fingerprint density at radius 2 is 2.30 bits per heavy atom. The van der Waals surface area contributed by atoms with Crippen LogP contribution in [0, 0.1) is 13.8 Å². The minimum atomic E-state index is 0.731. The maximum Gasteiger partial charge on any atom is 0.191 e. The molecule has 1 aromatic heterocycles. The van der Waals surface area contributed by atoms with Crippen molar-refractivity contribution in [1.82, 2.24) is 4.98 Å². The molecule has 0 radical (unpaired) electrons. The van der Waals surface area contributed by atoms with Gasteiger partial charge >= 0.3 is 0 Å². The third-order valence-electron chi connectivity index (χ3n) is 1.33. The minimum absolute atomic E-state index is 0.731. The van der Waals surface area contributed by atoms with Crippen LogP contribution in [0.4, 0.5) is 0 Å². The van der Waals surface area contributed by atoms with Crippen molar-refractivity contribution in [2.24, 2.45) is 0 Å². The fraction of sp³-hybridized carbons (Fsp3) is 0.375. The van der Waals surface area contributed by atoms with E-state index >= 15 is 0 Å². The van der Waals surface area contributed by atoms with E-state index in [2.05, 4.69) is 11.6 Å². The Kier molecular flexibility index (Phi) is 1.90. The van der Waals surface area contributed by atoms with Crippen molar-refractivity contribution in [3.8, 4) is 0 Å². The van der Waals surface area contributed by atoms with Gasteiger partial charge in [-0.3, -0.25) is 0 Å². The number of nitrogens with zero attached hydrogens (tertiary/aromatic N) is 1. The van der Waals surface area contributed by atoms with Crippen LogP contribution in [0.25, 0.3) is 0 Å². The molecular weight excluding hydrogens is 126 g/mol. The average molecular weight is 137 g/mol. The lowest BCUT2D eigenvalue weighted by Gasteiger charge is -1.86. The second kappa shape index (κ2) is 2.69. The molecule has 0 amide bonds. The smallest absolute Gasteiger partial charge is 0.191 e. The molecule has 2 nitrogen and oxygen atoms in total. The van der Waals surface area contributed by atoms with Gasteiger partial charge in [-0.25, -0.2) is 4.98 Å². The fourth-order valence-electron chi connectivity index (χ4n) is 0.894. The molecule has 1 aromatic rings. The zero-order valence-electron chi connectivity index (χ0n) is 6.35. The molecule has 0 aliphatic rings. The Bertz CT molecular complexity index is 237. The predicted molar refractivity (Wildman–Crippen MR) is 39.9 cm³/mol. The van der Waals surface area contributed by atoms with E-state index in [9.17, 15) is 0 Å². The van der Waals surface area contributed by atoms with Gasteiger partial charge in [0.05, 0.1) is 5.69 Å². The highest BCUT2D eigenvalue weighted by Crippen LogP contribution is 2.09. The van der Waals surface area contributed by atoms with Crippen LogP contribution < -0.4 is 0 Å². The van der Waals surface area contributed by atoms with Crippen LogP contribution in [-0.2, 0) is 6.42 Å². The topological polar surface area (TPSA) is 26.0 Å². The number of oxazole rings is 1. The van der Waals surface area contributed by atoms with Crippen LogP contribution >= 0.6 is 0 Å². The van der Waals surface area contributed by atoms with Gasteiger partial charge in [0, 0.05) is 13.3 Å². The van der Waals surface area contributed by atoms with Gasteiger partial charge in [-0.05, 0) is 6.92 Å². The molecular formula is C8H11NO. The van der Waals surface area contributed by atoms with Crippen LogP contribution in [0.3, 0.4) is 0 Å². The maximum atomic E-state index is 5.27. The number of rotatable bonds is 2. The largest absolute Gasteiger partial charge is 0.445 e. The van der Waals surface area contributed by atoms with Gasteiger partial charge < -0.3 is 4.42 Å². The van der Waals surface area contributed by atoms with E-state index in [1.54, 1.807) is 0 Å². The molecule has 1 heterocycles. The fourth-order valence-corrected chi connectivity index (χ4v) is 0.894. The molecule has 0 saturated heterocycles. The SMILES string of the molecule is C=CCc1oc(C)nc1C. The zero-order valence-corrected chi connectivity index (χ0v) is 6.35. The van der Waals surface area contributed by atoms with Crippen LogP contribution in [0.15, 0.2) is 17.1 Å². The molecule has 0 bridgehead atoms. The van der Waals surface area contributed by atoms with Crippen molar-refractivity contribution >= 4 is 0 Å². The quantitative estimate of drug-likeness (QED) is 0.583. The predicted octanol–water partition coefficient (Wildman–Crippen LogP) is 2.02. The molecule has 0 fully saturated rings. The Labute approximate surface area is 60.6 Å². The Hall–Kier alpha value is -1.05. The molecule has 0 saturated carbocycles. The van der Waals surface area contributed by atoms with Gasteiger partial charge in [0.15, 0.2) is 5.89 Å². The first-order valence-corrected chi connectivity index (χ1v) is 3.28. The highest BCUT2D eigenvalue weighted by molar-refractivity contribution is 5.09. The number of hydrogen-bond donors (Lipinski definition) is 0. The first kappa shape index (κ1) is 7.06. The standard InChI is InChI=1S/C8H11NO/c1-4-5-8-6(2)9-7(3)10-8/h4H,1,5H2,2-3H3. The lowest BCUT2D eigenvalue weighted by Crippen LogP contribution is -1.79. The number of aryl methyl sites for hydroxylation is 2. The third-order valence-corrected chi connectivity index (χ3v) is 1.33. The molecule has 1 rings (SSSR count). The maximum absolute atomic E-state index is 5.27. The van der Waals surface area contributed by atoms with Gasteiger partial charge in [-0.1, -0.05) is 6.08 Å². The van der Waals surface area contributed by atoms with E-state index in [4.69, 9.17) is 4.42 Å². The first-order chi connectivity index (χ1) is 4.74. The summed E-state index contributed by atoms with van der Waals surface area (Å²) in [5.41, 5.74) is 0.970. The van der Waals surface area contributed by atoms with Crippen molar-refractivity contribution in [2.45, 2.75) is 20.3 Å². The third kappa shape index (κ3) is 1.26. The lowest BCUT2D eigenvalue weighted by atomic mass is 10.3. The molecule has 2 heteroatoms. The van der Waals surface area contributed by atoms with Crippen molar-refractivity contribution in [1.29, 1.82) is 0 Å². The highest BCUT2D eigenvalue weighted by Gasteiger charge is 2.02. The molecule has 0 atom stereocenters. The average Bonchev–Trinajstić information content (AvgIpc) is 2.13. The number of aromatic nitrogens is 1. The highest BCUT2D eigenvalue weighted by atomic mass is 16.4. The zero-order chi connectivity index (χ0) is 7.56.